The fourth-order valence-electron chi connectivity index (χ4n) is 2.29. The number of carbonyl (C=O) groups is 1. The zero-order valence-corrected chi connectivity index (χ0v) is 14.2. The Morgan fingerprint density at radius 2 is 1.92 bits per heavy atom. The number of nitrogens with one attached hydrogen (secondary N) is 1. The highest BCUT2D eigenvalue weighted by atomic mass is 19.1. The Hall–Kier alpha value is -3.42. The van der Waals surface area contributed by atoms with Gasteiger partial charge in [0.2, 0.25) is 5.91 Å². The molecule has 0 unspecified atom stereocenters. The Bertz CT molecular complexity index is 909. The summed E-state index contributed by atoms with van der Waals surface area (Å²) in [6, 6.07) is 10.7. The summed E-state index contributed by atoms with van der Waals surface area (Å²) in [4.78, 5) is 16.4. The topological polar surface area (TPSA) is 86.5 Å². The maximum Gasteiger partial charge on any atom is 0.257 e. The first-order chi connectivity index (χ1) is 12.6. The molecular weight excluding hydrogens is 341 g/mol. The maximum absolute atomic E-state index is 13.0. The van der Waals surface area contributed by atoms with Crippen LogP contribution in [0, 0.1) is 5.82 Å². The van der Waals surface area contributed by atoms with E-state index in [4.69, 9.17) is 14.0 Å². The average Bonchev–Trinajstić information content (AvgIpc) is 3.10. The molecule has 134 valence electrons. The van der Waals surface area contributed by atoms with E-state index in [0.29, 0.717) is 22.7 Å². The van der Waals surface area contributed by atoms with Crippen molar-refractivity contribution in [2.75, 3.05) is 19.5 Å². The number of ether oxygens (including phenoxy) is 2. The molecule has 26 heavy (non-hydrogen) atoms. The van der Waals surface area contributed by atoms with Gasteiger partial charge in [-0.2, -0.15) is 4.98 Å². The van der Waals surface area contributed by atoms with Gasteiger partial charge in [-0.3, -0.25) is 4.79 Å². The number of rotatable bonds is 6. The SMILES string of the molecule is COc1ccc(OC)c(NC(=O)Cc2noc(-c3ccc(F)cc3)n2)c1. The van der Waals surface area contributed by atoms with E-state index in [1.54, 1.807) is 18.2 Å². The van der Waals surface area contributed by atoms with Crippen molar-refractivity contribution < 1.29 is 23.2 Å². The zero-order chi connectivity index (χ0) is 18.5. The molecule has 1 amide bonds. The molecule has 0 aliphatic carbocycles. The van der Waals surface area contributed by atoms with Gasteiger partial charge in [0.1, 0.15) is 17.3 Å². The molecule has 7 nitrogen and oxygen atoms in total. The average molecular weight is 357 g/mol. The minimum atomic E-state index is -0.361. The molecule has 1 N–H and O–H groups in total. The van der Waals surface area contributed by atoms with E-state index in [0.717, 1.165) is 0 Å². The standard InChI is InChI=1S/C18H16FN3O4/c1-24-13-7-8-15(25-2)14(9-13)20-17(23)10-16-21-18(26-22-16)11-3-5-12(19)6-4-11/h3-9H,10H2,1-2H3,(H,20,23). The van der Waals surface area contributed by atoms with Crippen molar-refractivity contribution in [3.63, 3.8) is 0 Å². The molecule has 2 aromatic carbocycles. The van der Waals surface area contributed by atoms with Crippen LogP contribution in [0.3, 0.4) is 0 Å². The Balaban J connectivity index is 1.70. The number of aromatic nitrogens is 2. The van der Waals surface area contributed by atoms with Crippen LogP contribution in [0.15, 0.2) is 47.0 Å². The molecule has 0 aliphatic heterocycles. The van der Waals surface area contributed by atoms with Crippen molar-refractivity contribution in [3.8, 4) is 23.0 Å². The number of benzene rings is 2. The Labute approximate surface area is 148 Å². The first-order valence-electron chi connectivity index (χ1n) is 7.69. The summed E-state index contributed by atoms with van der Waals surface area (Å²) in [7, 11) is 3.04. The summed E-state index contributed by atoms with van der Waals surface area (Å²) >= 11 is 0. The van der Waals surface area contributed by atoms with Crippen LogP contribution in [0.4, 0.5) is 10.1 Å². The highest BCUT2D eigenvalue weighted by molar-refractivity contribution is 5.93. The van der Waals surface area contributed by atoms with Crippen molar-refractivity contribution >= 4 is 11.6 Å². The largest absolute Gasteiger partial charge is 0.497 e. The number of halogens is 1. The monoisotopic (exact) mass is 357 g/mol. The first kappa shape index (κ1) is 17.4. The lowest BCUT2D eigenvalue weighted by Crippen LogP contribution is -2.15. The van der Waals surface area contributed by atoms with E-state index in [-0.39, 0.29) is 29.9 Å². The van der Waals surface area contributed by atoms with Gasteiger partial charge in [-0.25, -0.2) is 4.39 Å². The Morgan fingerprint density at radius 3 is 2.62 bits per heavy atom. The highest BCUT2D eigenvalue weighted by Crippen LogP contribution is 2.29. The van der Waals surface area contributed by atoms with Gasteiger partial charge in [0.25, 0.3) is 5.89 Å². The van der Waals surface area contributed by atoms with Gasteiger partial charge < -0.3 is 19.3 Å². The predicted octanol–water partition coefficient (Wildman–Crippen LogP) is 3.07. The summed E-state index contributed by atoms with van der Waals surface area (Å²) in [5.74, 6) is 0.803. The van der Waals surface area contributed by atoms with Crippen molar-refractivity contribution in [2.24, 2.45) is 0 Å². The van der Waals surface area contributed by atoms with Crippen LogP contribution in [0.5, 0.6) is 11.5 Å². The number of methoxy groups -OCH3 is 2. The molecule has 0 saturated heterocycles. The highest BCUT2D eigenvalue weighted by Gasteiger charge is 2.14. The maximum atomic E-state index is 13.0. The number of amides is 1. The van der Waals surface area contributed by atoms with Crippen molar-refractivity contribution in [1.29, 1.82) is 0 Å². The van der Waals surface area contributed by atoms with Crippen molar-refractivity contribution in [2.45, 2.75) is 6.42 Å². The van der Waals surface area contributed by atoms with Crippen LogP contribution < -0.4 is 14.8 Å². The number of anilines is 1. The lowest BCUT2D eigenvalue weighted by molar-refractivity contribution is -0.115. The van der Waals surface area contributed by atoms with Crippen LogP contribution in [0.25, 0.3) is 11.5 Å². The second-order valence-electron chi connectivity index (χ2n) is 5.31. The number of hydrogen-bond donors (Lipinski definition) is 1. The molecule has 1 heterocycles. The van der Waals surface area contributed by atoms with E-state index in [9.17, 15) is 9.18 Å². The van der Waals surface area contributed by atoms with Gasteiger partial charge in [0, 0.05) is 11.6 Å². The first-order valence-corrected chi connectivity index (χ1v) is 7.69. The lowest BCUT2D eigenvalue weighted by atomic mass is 10.2. The van der Waals surface area contributed by atoms with Crippen LogP contribution in [0.2, 0.25) is 0 Å². The van der Waals surface area contributed by atoms with E-state index in [1.807, 2.05) is 0 Å². The van der Waals surface area contributed by atoms with Gasteiger partial charge in [-0.05, 0) is 36.4 Å². The van der Waals surface area contributed by atoms with Gasteiger partial charge in [0.15, 0.2) is 5.82 Å². The third-order valence-electron chi connectivity index (χ3n) is 3.56. The smallest absolute Gasteiger partial charge is 0.257 e. The van der Waals surface area contributed by atoms with Gasteiger partial charge in [0.05, 0.1) is 26.3 Å². The predicted molar refractivity (Wildman–Crippen MR) is 91.6 cm³/mol. The molecule has 0 bridgehead atoms. The Morgan fingerprint density at radius 1 is 1.15 bits per heavy atom. The molecule has 0 atom stereocenters. The zero-order valence-electron chi connectivity index (χ0n) is 14.2. The van der Waals surface area contributed by atoms with E-state index >= 15 is 0 Å². The Kier molecular flexibility index (Phi) is 5.12. The minimum Gasteiger partial charge on any atom is -0.497 e. The molecule has 0 radical (unpaired) electrons. The second-order valence-corrected chi connectivity index (χ2v) is 5.31. The van der Waals surface area contributed by atoms with E-state index < -0.39 is 0 Å². The van der Waals surface area contributed by atoms with Crippen molar-refractivity contribution in [3.05, 3.63) is 54.1 Å². The van der Waals surface area contributed by atoms with E-state index in [1.165, 1.54) is 38.5 Å². The van der Waals surface area contributed by atoms with Crippen molar-refractivity contribution in [1.82, 2.24) is 10.1 Å². The fourth-order valence-corrected chi connectivity index (χ4v) is 2.29. The number of carbonyl (C=O) groups excluding carboxylic acids is 1. The molecule has 3 aromatic rings. The molecule has 8 heteroatoms. The van der Waals surface area contributed by atoms with Crippen LogP contribution in [0.1, 0.15) is 5.82 Å². The minimum absolute atomic E-state index is 0.0922. The van der Waals surface area contributed by atoms with Gasteiger partial charge >= 0.3 is 0 Å². The lowest BCUT2D eigenvalue weighted by Gasteiger charge is -2.11. The van der Waals surface area contributed by atoms with Crippen LogP contribution in [-0.2, 0) is 11.2 Å². The third-order valence-corrected chi connectivity index (χ3v) is 3.56. The van der Waals surface area contributed by atoms with Crippen LogP contribution in [-0.4, -0.2) is 30.3 Å². The summed E-state index contributed by atoms with van der Waals surface area (Å²) in [5.41, 5.74) is 1.04. The van der Waals surface area contributed by atoms with E-state index in [2.05, 4.69) is 15.5 Å². The fraction of sp³-hybridized carbons (Fsp3) is 0.167. The second kappa shape index (κ2) is 7.64. The summed E-state index contributed by atoms with van der Waals surface area (Å²) in [6.45, 7) is 0. The molecule has 1 aromatic heterocycles. The molecular formula is C18H16FN3O4. The molecule has 3 rings (SSSR count). The molecule has 0 aliphatic rings. The molecule has 0 spiro atoms. The molecule has 0 fully saturated rings. The summed E-state index contributed by atoms with van der Waals surface area (Å²) < 4.78 is 28.4. The summed E-state index contributed by atoms with van der Waals surface area (Å²) in [5, 5.41) is 6.50. The summed E-state index contributed by atoms with van der Waals surface area (Å²) in [6.07, 6.45) is -0.0922. The van der Waals surface area contributed by atoms with Crippen LogP contribution >= 0.6 is 0 Å². The molecule has 0 saturated carbocycles. The third kappa shape index (κ3) is 3.97. The number of nitrogens with zero attached hydrogens (tertiary/aromatic N) is 2. The quantitative estimate of drug-likeness (QED) is 0.730. The normalized spacial score (nSPS) is 10.4. The van der Waals surface area contributed by atoms with Gasteiger partial charge in [-0.15, -0.1) is 0 Å². The number of hydrogen-bond acceptors (Lipinski definition) is 6. The van der Waals surface area contributed by atoms with Gasteiger partial charge in [-0.1, -0.05) is 5.16 Å².